The van der Waals surface area contributed by atoms with E-state index in [1.54, 1.807) is 0 Å². The first kappa shape index (κ1) is 12.7. The van der Waals surface area contributed by atoms with Crippen molar-refractivity contribution in [1.29, 1.82) is 0 Å². The normalized spacial score (nSPS) is 17.3. The summed E-state index contributed by atoms with van der Waals surface area (Å²) in [5.74, 6) is 0.592. The molecule has 98 valence electrons. The molecular weight excluding hydrogens is 232 g/mol. The first-order valence-corrected chi connectivity index (χ1v) is 6.19. The molecule has 1 heterocycles. The van der Waals surface area contributed by atoms with Crippen LogP contribution in [-0.2, 0) is 4.79 Å². The predicted molar refractivity (Wildman–Crippen MR) is 68.7 cm³/mol. The van der Waals surface area contributed by atoms with Crippen LogP contribution in [0.25, 0.3) is 0 Å². The van der Waals surface area contributed by atoms with Gasteiger partial charge in [0.15, 0.2) is 6.10 Å². The van der Waals surface area contributed by atoms with Gasteiger partial charge in [0.1, 0.15) is 5.75 Å². The molecule has 5 heteroatoms. The van der Waals surface area contributed by atoms with Gasteiger partial charge < -0.3 is 20.5 Å². The molecule has 1 unspecified atom stereocenters. The minimum atomic E-state index is -0.492. The molecule has 1 aromatic carbocycles. The summed E-state index contributed by atoms with van der Waals surface area (Å²) >= 11 is 0. The molecule has 0 fully saturated rings. The Morgan fingerprint density at radius 1 is 1.44 bits per heavy atom. The molecule has 3 N–H and O–H groups in total. The van der Waals surface area contributed by atoms with E-state index >= 15 is 0 Å². The Bertz CT molecular complexity index is 409. The number of aliphatic hydroxyl groups is 1. The maximum absolute atomic E-state index is 11.8. The third kappa shape index (κ3) is 3.13. The van der Waals surface area contributed by atoms with Gasteiger partial charge in [-0.3, -0.25) is 4.79 Å². The average molecular weight is 250 g/mol. The molecule has 0 radical (unpaired) electrons. The highest BCUT2D eigenvalue weighted by Gasteiger charge is 2.24. The van der Waals surface area contributed by atoms with Gasteiger partial charge in [-0.2, -0.15) is 0 Å². The number of aliphatic hydroxyl groups excluding tert-OH is 1. The summed E-state index contributed by atoms with van der Waals surface area (Å²) in [5, 5.41) is 14.6. The van der Waals surface area contributed by atoms with Crippen LogP contribution in [0, 0.1) is 0 Å². The van der Waals surface area contributed by atoms with Crippen LogP contribution in [0.3, 0.4) is 0 Å². The lowest BCUT2D eigenvalue weighted by Crippen LogP contribution is -2.44. The van der Waals surface area contributed by atoms with Crippen molar-refractivity contribution in [2.24, 2.45) is 0 Å². The molecule has 1 aromatic rings. The van der Waals surface area contributed by atoms with Gasteiger partial charge >= 0.3 is 0 Å². The van der Waals surface area contributed by atoms with E-state index in [0.717, 1.165) is 12.1 Å². The fourth-order valence-electron chi connectivity index (χ4n) is 1.82. The molecule has 1 amide bonds. The van der Waals surface area contributed by atoms with Gasteiger partial charge in [-0.15, -0.1) is 0 Å². The van der Waals surface area contributed by atoms with Gasteiger partial charge in [0.2, 0.25) is 0 Å². The minimum Gasteiger partial charge on any atom is -0.477 e. The predicted octanol–water partition coefficient (Wildman–Crippen LogP) is 0.748. The summed E-state index contributed by atoms with van der Waals surface area (Å²) < 4.78 is 5.63. The minimum absolute atomic E-state index is 0.116. The maximum atomic E-state index is 11.8. The zero-order valence-electron chi connectivity index (χ0n) is 10.2. The molecule has 1 aliphatic rings. The van der Waals surface area contributed by atoms with Crippen molar-refractivity contribution in [2.75, 3.05) is 25.0 Å². The summed E-state index contributed by atoms with van der Waals surface area (Å²) in [7, 11) is 0. The highest BCUT2D eigenvalue weighted by atomic mass is 16.5. The number of unbranched alkanes of at least 4 members (excludes halogenated alkanes) is 1. The molecule has 0 aromatic heterocycles. The Balaban J connectivity index is 1.83. The fraction of sp³-hybridized carbons (Fsp3) is 0.462. The van der Waals surface area contributed by atoms with Crippen molar-refractivity contribution < 1.29 is 14.6 Å². The van der Waals surface area contributed by atoms with Crippen LogP contribution in [0.4, 0.5) is 5.69 Å². The number of rotatable bonds is 5. The number of para-hydroxylation sites is 2. The van der Waals surface area contributed by atoms with Crippen LogP contribution in [0.5, 0.6) is 5.75 Å². The summed E-state index contributed by atoms with van der Waals surface area (Å²) in [4.78, 5) is 11.8. The molecule has 0 saturated carbocycles. The van der Waals surface area contributed by atoms with E-state index in [-0.39, 0.29) is 12.5 Å². The van der Waals surface area contributed by atoms with Crippen LogP contribution in [-0.4, -0.2) is 36.8 Å². The van der Waals surface area contributed by atoms with Crippen LogP contribution in [0.15, 0.2) is 24.3 Å². The molecule has 1 aliphatic heterocycles. The van der Waals surface area contributed by atoms with Crippen molar-refractivity contribution in [2.45, 2.75) is 18.9 Å². The topological polar surface area (TPSA) is 70.6 Å². The van der Waals surface area contributed by atoms with E-state index in [0.29, 0.717) is 25.3 Å². The molecule has 0 aliphatic carbocycles. The summed E-state index contributed by atoms with van der Waals surface area (Å²) in [6.07, 6.45) is 0.986. The summed E-state index contributed by atoms with van der Waals surface area (Å²) in [6, 6.07) is 7.56. The first-order chi connectivity index (χ1) is 8.81. The number of hydrogen-bond acceptors (Lipinski definition) is 4. The average Bonchev–Trinajstić information content (AvgIpc) is 2.43. The first-order valence-electron chi connectivity index (χ1n) is 6.19. The lowest BCUT2D eigenvalue weighted by atomic mass is 10.2. The third-order valence-electron chi connectivity index (χ3n) is 2.81. The largest absolute Gasteiger partial charge is 0.477 e. The third-order valence-corrected chi connectivity index (χ3v) is 2.81. The number of nitrogens with one attached hydrogen (secondary N) is 2. The second kappa shape index (κ2) is 6.26. The van der Waals surface area contributed by atoms with Gasteiger partial charge in [0, 0.05) is 13.2 Å². The molecule has 5 nitrogen and oxygen atoms in total. The molecular formula is C13H18N2O3. The Morgan fingerprint density at radius 2 is 2.28 bits per heavy atom. The van der Waals surface area contributed by atoms with Gasteiger partial charge in [-0.1, -0.05) is 12.1 Å². The van der Waals surface area contributed by atoms with Crippen LogP contribution in [0.2, 0.25) is 0 Å². The number of hydrogen-bond donors (Lipinski definition) is 3. The zero-order chi connectivity index (χ0) is 12.8. The van der Waals surface area contributed by atoms with E-state index in [1.165, 1.54) is 0 Å². The van der Waals surface area contributed by atoms with Crippen molar-refractivity contribution in [3.8, 4) is 5.75 Å². The van der Waals surface area contributed by atoms with Crippen LogP contribution in [0.1, 0.15) is 12.8 Å². The zero-order valence-corrected chi connectivity index (χ0v) is 10.2. The number of benzene rings is 1. The maximum Gasteiger partial charge on any atom is 0.262 e. The SMILES string of the molecule is O=C(NCCCCO)C1CNc2ccccc2O1. The van der Waals surface area contributed by atoms with Gasteiger partial charge in [0.05, 0.1) is 12.2 Å². The number of carbonyl (C=O) groups excluding carboxylic acids is 1. The standard InChI is InChI=1S/C13H18N2O3/c16-8-4-3-7-14-13(17)12-9-15-10-5-1-2-6-11(10)18-12/h1-2,5-6,12,15-16H,3-4,7-9H2,(H,14,17). The molecule has 2 rings (SSSR count). The van der Waals surface area contributed by atoms with Crippen molar-refractivity contribution in [3.05, 3.63) is 24.3 Å². The molecule has 0 spiro atoms. The lowest BCUT2D eigenvalue weighted by Gasteiger charge is -2.26. The lowest BCUT2D eigenvalue weighted by molar-refractivity contribution is -0.127. The Kier molecular flexibility index (Phi) is 4.41. The number of amides is 1. The Morgan fingerprint density at radius 3 is 3.11 bits per heavy atom. The van der Waals surface area contributed by atoms with Gasteiger partial charge in [0.25, 0.3) is 5.91 Å². The smallest absolute Gasteiger partial charge is 0.262 e. The second-order valence-corrected chi connectivity index (χ2v) is 4.21. The second-order valence-electron chi connectivity index (χ2n) is 4.21. The summed E-state index contributed by atoms with van der Waals surface area (Å²) in [6.45, 7) is 1.20. The number of fused-ring (bicyclic) bond motifs is 1. The fourth-order valence-corrected chi connectivity index (χ4v) is 1.82. The Labute approximate surface area is 106 Å². The van der Waals surface area contributed by atoms with Crippen molar-refractivity contribution >= 4 is 11.6 Å². The number of ether oxygens (including phenoxy) is 1. The molecule has 0 bridgehead atoms. The van der Waals surface area contributed by atoms with E-state index in [2.05, 4.69) is 10.6 Å². The van der Waals surface area contributed by atoms with E-state index in [9.17, 15) is 4.79 Å². The number of carbonyl (C=O) groups is 1. The highest BCUT2D eigenvalue weighted by molar-refractivity contribution is 5.83. The van der Waals surface area contributed by atoms with Gasteiger partial charge in [-0.25, -0.2) is 0 Å². The molecule has 0 saturated heterocycles. The van der Waals surface area contributed by atoms with Crippen molar-refractivity contribution in [1.82, 2.24) is 5.32 Å². The quantitative estimate of drug-likeness (QED) is 0.674. The highest BCUT2D eigenvalue weighted by Crippen LogP contribution is 2.28. The van der Waals surface area contributed by atoms with Crippen LogP contribution < -0.4 is 15.4 Å². The monoisotopic (exact) mass is 250 g/mol. The molecule has 1 atom stereocenters. The van der Waals surface area contributed by atoms with Crippen LogP contribution >= 0.6 is 0 Å². The Hall–Kier alpha value is -1.75. The van der Waals surface area contributed by atoms with E-state index < -0.39 is 6.10 Å². The van der Waals surface area contributed by atoms with E-state index in [4.69, 9.17) is 9.84 Å². The van der Waals surface area contributed by atoms with Gasteiger partial charge in [-0.05, 0) is 25.0 Å². The summed E-state index contributed by atoms with van der Waals surface area (Å²) in [5.41, 5.74) is 0.918. The van der Waals surface area contributed by atoms with Crippen molar-refractivity contribution in [3.63, 3.8) is 0 Å². The van der Waals surface area contributed by atoms with E-state index in [1.807, 2.05) is 24.3 Å². The molecule has 18 heavy (non-hydrogen) atoms. The number of anilines is 1.